The number of hydrogen-bond acceptors (Lipinski definition) is 4. The molecule has 2 amide bonds. The number of rotatable bonds is 7. The third kappa shape index (κ3) is 4.49. The fourth-order valence-corrected chi connectivity index (χ4v) is 4.68. The number of benzene rings is 3. The van der Waals surface area contributed by atoms with Gasteiger partial charge in [0.1, 0.15) is 17.6 Å². The van der Waals surface area contributed by atoms with E-state index in [0.29, 0.717) is 18.8 Å². The smallest absolute Gasteiger partial charge is 0.247 e. The molecule has 0 saturated carbocycles. The monoisotopic (exact) mass is 468 g/mol. The number of hydrogen-bond donors (Lipinski definition) is 1. The lowest BCUT2D eigenvalue weighted by Crippen LogP contribution is -2.45. The molecule has 0 radical (unpaired) electrons. The summed E-state index contributed by atoms with van der Waals surface area (Å²) in [5, 5.41) is 2.93. The number of nitrogens with zero attached hydrogens (tertiary/aromatic N) is 3. The average Bonchev–Trinajstić information content (AvgIpc) is 3.26. The average molecular weight is 469 g/mol. The Kier molecular flexibility index (Phi) is 6.23. The van der Waals surface area contributed by atoms with Gasteiger partial charge in [-0.15, -0.1) is 0 Å². The number of ether oxygens (including phenoxy) is 1. The zero-order chi connectivity index (χ0) is 24.4. The maximum atomic E-state index is 13.8. The van der Waals surface area contributed by atoms with Crippen molar-refractivity contribution in [3.05, 3.63) is 90.3 Å². The molecule has 1 aliphatic rings. The van der Waals surface area contributed by atoms with Crippen molar-refractivity contribution in [2.45, 2.75) is 38.9 Å². The number of imidazole rings is 1. The number of anilines is 1. The third-order valence-corrected chi connectivity index (χ3v) is 6.37. The highest BCUT2D eigenvalue weighted by Crippen LogP contribution is 2.37. The summed E-state index contributed by atoms with van der Waals surface area (Å²) in [6.45, 7) is 4.96. The molecule has 3 aromatic carbocycles. The predicted octanol–water partition coefficient (Wildman–Crippen LogP) is 5.11. The van der Waals surface area contributed by atoms with Gasteiger partial charge in [-0.25, -0.2) is 4.98 Å². The van der Waals surface area contributed by atoms with Gasteiger partial charge in [0.05, 0.1) is 30.1 Å². The Hall–Kier alpha value is -4.13. The summed E-state index contributed by atoms with van der Waals surface area (Å²) in [6, 6.07) is 24.0. The van der Waals surface area contributed by atoms with E-state index in [-0.39, 0.29) is 24.3 Å². The van der Waals surface area contributed by atoms with Crippen molar-refractivity contribution >= 4 is 28.5 Å². The molecule has 0 unspecified atom stereocenters. The molecular formula is C28H28N4O3. The maximum Gasteiger partial charge on any atom is 0.247 e. The Morgan fingerprint density at radius 2 is 1.71 bits per heavy atom. The molecule has 2 atom stereocenters. The topological polar surface area (TPSA) is 76.5 Å². The minimum absolute atomic E-state index is 0.0113. The van der Waals surface area contributed by atoms with Crippen LogP contribution in [0.2, 0.25) is 0 Å². The second kappa shape index (κ2) is 9.62. The minimum atomic E-state index is -0.681. The quantitative estimate of drug-likeness (QED) is 0.409. The number of nitrogens with one attached hydrogen (secondary N) is 1. The molecular weight excluding hydrogens is 440 g/mol. The van der Waals surface area contributed by atoms with E-state index in [1.165, 1.54) is 0 Å². The number of carbonyl (C=O) groups is 2. The fraction of sp³-hybridized carbons (Fsp3) is 0.250. The summed E-state index contributed by atoms with van der Waals surface area (Å²) >= 11 is 0. The van der Waals surface area contributed by atoms with E-state index in [1.807, 2.05) is 90.0 Å². The van der Waals surface area contributed by atoms with Crippen LogP contribution < -0.4 is 10.1 Å². The van der Waals surface area contributed by atoms with Gasteiger partial charge in [-0.05, 0) is 55.8 Å². The summed E-state index contributed by atoms with van der Waals surface area (Å²) in [5.41, 5.74) is 3.38. The van der Waals surface area contributed by atoms with E-state index >= 15 is 0 Å². The van der Waals surface area contributed by atoms with Gasteiger partial charge in [0.2, 0.25) is 11.8 Å². The van der Waals surface area contributed by atoms with Crippen molar-refractivity contribution in [1.82, 2.24) is 14.5 Å². The second-order valence-corrected chi connectivity index (χ2v) is 8.68. The Labute approximate surface area is 204 Å². The van der Waals surface area contributed by atoms with Gasteiger partial charge < -0.3 is 19.5 Å². The minimum Gasteiger partial charge on any atom is -0.494 e. The summed E-state index contributed by atoms with van der Waals surface area (Å²) in [6.07, 6.45) is 0.0113. The van der Waals surface area contributed by atoms with Crippen LogP contribution in [-0.4, -0.2) is 32.9 Å². The van der Waals surface area contributed by atoms with Crippen LogP contribution in [0.5, 0.6) is 5.75 Å². The van der Waals surface area contributed by atoms with E-state index in [0.717, 1.165) is 28.2 Å². The van der Waals surface area contributed by atoms with Crippen molar-refractivity contribution in [2.24, 2.45) is 0 Å². The standard InChI is InChI=1S/C28H28N4O3/c1-3-35-22-15-13-21(14-16-22)29-26(33)17-25-28(34)31(18-20-9-5-4-6-10-20)19(2)27-30-23-11-7-8-12-24(23)32(25)27/h4-16,19,25H,3,17-18H2,1-2H3,(H,29,33)/t19-,25+/m1/s1. The summed E-state index contributed by atoms with van der Waals surface area (Å²) in [7, 11) is 0. The SMILES string of the molecule is CCOc1ccc(NC(=O)C[C@H]2C(=O)N(Cc3ccccc3)[C@H](C)c3nc4ccccc4n32)cc1. The number of carbonyl (C=O) groups excluding carboxylic acids is 2. The normalized spacial score (nSPS) is 17.3. The molecule has 0 saturated heterocycles. The molecule has 0 aliphatic carbocycles. The molecule has 0 fully saturated rings. The molecule has 2 heterocycles. The van der Waals surface area contributed by atoms with Gasteiger partial charge in [0, 0.05) is 12.2 Å². The molecule has 178 valence electrons. The van der Waals surface area contributed by atoms with E-state index < -0.39 is 6.04 Å². The Morgan fingerprint density at radius 1 is 1.00 bits per heavy atom. The predicted molar refractivity (Wildman–Crippen MR) is 135 cm³/mol. The van der Waals surface area contributed by atoms with Crippen molar-refractivity contribution in [3.8, 4) is 5.75 Å². The van der Waals surface area contributed by atoms with Crippen LogP contribution in [0.3, 0.4) is 0 Å². The van der Waals surface area contributed by atoms with E-state index in [4.69, 9.17) is 9.72 Å². The van der Waals surface area contributed by atoms with Gasteiger partial charge in [-0.1, -0.05) is 42.5 Å². The first-order valence-corrected chi connectivity index (χ1v) is 11.9. The molecule has 1 aromatic heterocycles. The van der Waals surface area contributed by atoms with Gasteiger partial charge in [0.15, 0.2) is 0 Å². The van der Waals surface area contributed by atoms with Gasteiger partial charge in [0.25, 0.3) is 0 Å². The van der Waals surface area contributed by atoms with Crippen LogP contribution in [0, 0.1) is 0 Å². The van der Waals surface area contributed by atoms with Crippen LogP contribution in [0.25, 0.3) is 11.0 Å². The molecule has 7 nitrogen and oxygen atoms in total. The molecule has 1 N–H and O–H groups in total. The Morgan fingerprint density at radius 3 is 2.46 bits per heavy atom. The molecule has 4 aromatic rings. The molecule has 5 rings (SSSR count). The van der Waals surface area contributed by atoms with Crippen LogP contribution in [0.4, 0.5) is 5.69 Å². The highest BCUT2D eigenvalue weighted by Gasteiger charge is 2.40. The van der Waals surface area contributed by atoms with Crippen LogP contribution in [-0.2, 0) is 16.1 Å². The van der Waals surface area contributed by atoms with Crippen LogP contribution in [0.15, 0.2) is 78.9 Å². The second-order valence-electron chi connectivity index (χ2n) is 8.68. The number of aromatic nitrogens is 2. The molecule has 0 spiro atoms. The fourth-order valence-electron chi connectivity index (χ4n) is 4.68. The molecule has 7 heteroatoms. The van der Waals surface area contributed by atoms with Crippen molar-refractivity contribution in [1.29, 1.82) is 0 Å². The Balaban J connectivity index is 1.45. The lowest BCUT2D eigenvalue weighted by atomic mass is 10.0. The summed E-state index contributed by atoms with van der Waals surface area (Å²) in [5.74, 6) is 1.22. The summed E-state index contributed by atoms with van der Waals surface area (Å²) < 4.78 is 7.42. The largest absolute Gasteiger partial charge is 0.494 e. The molecule has 35 heavy (non-hydrogen) atoms. The lowest BCUT2D eigenvalue weighted by molar-refractivity contribution is -0.142. The lowest BCUT2D eigenvalue weighted by Gasteiger charge is -2.38. The zero-order valence-corrected chi connectivity index (χ0v) is 19.8. The highest BCUT2D eigenvalue weighted by atomic mass is 16.5. The van der Waals surface area contributed by atoms with Crippen molar-refractivity contribution in [3.63, 3.8) is 0 Å². The van der Waals surface area contributed by atoms with Crippen molar-refractivity contribution < 1.29 is 14.3 Å². The first kappa shape index (κ1) is 22.7. The first-order valence-electron chi connectivity index (χ1n) is 11.9. The highest BCUT2D eigenvalue weighted by molar-refractivity contribution is 5.96. The molecule has 0 bridgehead atoms. The first-order chi connectivity index (χ1) is 17.0. The van der Waals surface area contributed by atoms with E-state index in [1.54, 1.807) is 12.1 Å². The van der Waals surface area contributed by atoms with Gasteiger partial charge in [-0.3, -0.25) is 9.59 Å². The van der Waals surface area contributed by atoms with Gasteiger partial charge in [-0.2, -0.15) is 0 Å². The van der Waals surface area contributed by atoms with Crippen LogP contribution >= 0.6 is 0 Å². The number of fused-ring (bicyclic) bond motifs is 3. The van der Waals surface area contributed by atoms with E-state index in [2.05, 4.69) is 5.32 Å². The molecule has 1 aliphatic heterocycles. The zero-order valence-electron chi connectivity index (χ0n) is 19.8. The van der Waals surface area contributed by atoms with Gasteiger partial charge >= 0.3 is 0 Å². The van der Waals surface area contributed by atoms with Crippen LogP contribution in [0.1, 0.15) is 43.7 Å². The number of amides is 2. The maximum absolute atomic E-state index is 13.8. The van der Waals surface area contributed by atoms with E-state index in [9.17, 15) is 9.59 Å². The third-order valence-electron chi connectivity index (χ3n) is 6.37. The Bertz CT molecular complexity index is 1350. The van der Waals surface area contributed by atoms with Crippen molar-refractivity contribution in [2.75, 3.05) is 11.9 Å². The number of para-hydroxylation sites is 2. The summed E-state index contributed by atoms with van der Waals surface area (Å²) in [4.78, 5) is 33.6.